The third-order valence-corrected chi connectivity index (χ3v) is 6.20. The van der Waals surface area contributed by atoms with Crippen LogP contribution in [0.25, 0.3) is 0 Å². The molecule has 7 nitrogen and oxygen atoms in total. The fourth-order valence-electron chi connectivity index (χ4n) is 3.62. The highest BCUT2D eigenvalue weighted by molar-refractivity contribution is 7.90. The van der Waals surface area contributed by atoms with Gasteiger partial charge in [-0.15, -0.1) is 0 Å². The van der Waals surface area contributed by atoms with Gasteiger partial charge < -0.3 is 9.80 Å². The molecule has 1 fully saturated rings. The maximum Gasteiger partial charge on any atom is 0.311 e. The van der Waals surface area contributed by atoms with Gasteiger partial charge in [-0.2, -0.15) is 0 Å². The van der Waals surface area contributed by atoms with E-state index in [1.165, 1.54) is 6.07 Å². The van der Waals surface area contributed by atoms with Crippen molar-refractivity contribution in [2.45, 2.75) is 23.8 Å². The lowest BCUT2D eigenvalue weighted by Gasteiger charge is -2.38. The maximum absolute atomic E-state index is 12.0. The molecule has 0 aromatic heterocycles. The minimum absolute atomic E-state index is 0.228. The minimum Gasteiger partial charge on any atom is -0.371 e. The number of benzene rings is 2. The van der Waals surface area contributed by atoms with Gasteiger partial charge in [-0.05, 0) is 37.1 Å². The Balaban J connectivity index is 1.82. The van der Waals surface area contributed by atoms with Gasteiger partial charge >= 0.3 is 5.69 Å². The quantitative estimate of drug-likeness (QED) is 0.577. The van der Waals surface area contributed by atoms with E-state index in [2.05, 4.69) is 24.1 Å². The molecule has 1 aliphatic rings. The Morgan fingerprint density at radius 2 is 1.70 bits per heavy atom. The number of anilines is 2. The van der Waals surface area contributed by atoms with Crippen LogP contribution in [0, 0.1) is 10.1 Å². The number of rotatable bonds is 5. The van der Waals surface area contributed by atoms with Crippen LogP contribution in [0.1, 0.15) is 12.8 Å². The third-order valence-electron chi connectivity index (χ3n) is 5.08. The number of nitro benzene ring substituents is 1. The molecule has 1 heterocycles. The van der Waals surface area contributed by atoms with Crippen molar-refractivity contribution in [3.63, 3.8) is 0 Å². The molecular weight excluding hydrogens is 366 g/mol. The summed E-state index contributed by atoms with van der Waals surface area (Å²) >= 11 is 0. The molecule has 3 rings (SSSR count). The average Bonchev–Trinajstić information content (AvgIpc) is 2.67. The number of hydrogen-bond donors (Lipinski definition) is 0. The summed E-state index contributed by atoms with van der Waals surface area (Å²) in [6, 6.07) is 14.9. The molecular formula is C19H23N3O4S. The van der Waals surface area contributed by atoms with Crippen LogP contribution in [-0.2, 0) is 9.84 Å². The summed E-state index contributed by atoms with van der Waals surface area (Å²) in [5, 5.41) is 11.6. The normalized spacial score (nSPS) is 15.6. The lowest BCUT2D eigenvalue weighted by atomic mass is 10.0. The molecule has 27 heavy (non-hydrogen) atoms. The predicted molar refractivity (Wildman–Crippen MR) is 106 cm³/mol. The summed E-state index contributed by atoms with van der Waals surface area (Å²) in [6.07, 6.45) is 2.68. The Hall–Kier alpha value is -2.61. The van der Waals surface area contributed by atoms with Gasteiger partial charge in [0.15, 0.2) is 9.84 Å². The topological polar surface area (TPSA) is 83.8 Å². The van der Waals surface area contributed by atoms with Crippen LogP contribution >= 0.6 is 0 Å². The summed E-state index contributed by atoms with van der Waals surface area (Å²) in [4.78, 5) is 14.9. The van der Waals surface area contributed by atoms with Gasteiger partial charge in [-0.1, -0.05) is 24.3 Å². The third kappa shape index (κ3) is 4.05. The zero-order valence-corrected chi connectivity index (χ0v) is 16.2. The number of nitro groups is 1. The molecule has 1 saturated heterocycles. The van der Waals surface area contributed by atoms with Crippen LogP contribution in [0.2, 0.25) is 0 Å². The van der Waals surface area contributed by atoms with E-state index in [0.717, 1.165) is 24.8 Å². The number of hydrogen-bond acceptors (Lipinski definition) is 6. The maximum atomic E-state index is 12.0. The molecule has 0 amide bonds. The molecule has 0 saturated carbocycles. The Morgan fingerprint density at radius 1 is 1.07 bits per heavy atom. The molecule has 0 radical (unpaired) electrons. The number of para-hydroxylation sites is 2. The van der Waals surface area contributed by atoms with E-state index in [-0.39, 0.29) is 10.6 Å². The van der Waals surface area contributed by atoms with Crippen molar-refractivity contribution in [3.8, 4) is 0 Å². The molecule has 2 aromatic rings. The van der Waals surface area contributed by atoms with Gasteiger partial charge in [0, 0.05) is 38.1 Å². The predicted octanol–water partition coefficient (Wildman–Crippen LogP) is 3.10. The van der Waals surface area contributed by atoms with Gasteiger partial charge in [0.1, 0.15) is 10.6 Å². The van der Waals surface area contributed by atoms with Crippen LogP contribution < -0.4 is 9.80 Å². The first-order valence-corrected chi connectivity index (χ1v) is 10.7. The first-order chi connectivity index (χ1) is 12.8. The molecule has 0 aliphatic carbocycles. The first-order valence-electron chi connectivity index (χ1n) is 8.79. The fourth-order valence-corrected chi connectivity index (χ4v) is 4.47. The van der Waals surface area contributed by atoms with Crippen molar-refractivity contribution in [2.75, 3.05) is 36.2 Å². The van der Waals surface area contributed by atoms with Gasteiger partial charge in [-0.25, -0.2) is 8.42 Å². The Labute approximate surface area is 159 Å². The van der Waals surface area contributed by atoms with Crippen molar-refractivity contribution in [1.29, 1.82) is 0 Å². The van der Waals surface area contributed by atoms with Gasteiger partial charge in [0.25, 0.3) is 0 Å². The van der Waals surface area contributed by atoms with Crippen molar-refractivity contribution in [2.24, 2.45) is 0 Å². The summed E-state index contributed by atoms with van der Waals surface area (Å²) in [7, 11) is -1.62. The highest BCUT2D eigenvalue weighted by atomic mass is 32.2. The van der Waals surface area contributed by atoms with E-state index in [0.29, 0.717) is 24.8 Å². The summed E-state index contributed by atoms with van der Waals surface area (Å²) < 4.78 is 23.9. The van der Waals surface area contributed by atoms with Gasteiger partial charge in [-0.3, -0.25) is 10.1 Å². The Morgan fingerprint density at radius 3 is 2.26 bits per heavy atom. The van der Waals surface area contributed by atoms with Crippen molar-refractivity contribution in [3.05, 3.63) is 58.6 Å². The van der Waals surface area contributed by atoms with E-state index >= 15 is 0 Å². The van der Waals surface area contributed by atoms with Crippen LogP contribution in [-0.4, -0.2) is 45.8 Å². The molecule has 144 valence electrons. The second-order valence-electron chi connectivity index (χ2n) is 6.82. The summed E-state index contributed by atoms with van der Waals surface area (Å²) in [5.41, 5.74) is 1.19. The fraction of sp³-hybridized carbons (Fsp3) is 0.368. The van der Waals surface area contributed by atoms with E-state index in [1.807, 2.05) is 23.1 Å². The second kappa shape index (κ2) is 7.56. The molecule has 0 bridgehead atoms. The van der Waals surface area contributed by atoms with Crippen molar-refractivity contribution < 1.29 is 13.3 Å². The molecule has 0 spiro atoms. The van der Waals surface area contributed by atoms with Crippen LogP contribution in [0.5, 0.6) is 0 Å². The van der Waals surface area contributed by atoms with Crippen LogP contribution in [0.4, 0.5) is 17.1 Å². The van der Waals surface area contributed by atoms with Crippen molar-refractivity contribution >= 4 is 26.9 Å². The zero-order chi connectivity index (χ0) is 19.6. The smallest absolute Gasteiger partial charge is 0.311 e. The van der Waals surface area contributed by atoms with Gasteiger partial charge in [0.05, 0.1) is 4.92 Å². The number of piperidine rings is 1. The zero-order valence-electron chi connectivity index (χ0n) is 15.4. The van der Waals surface area contributed by atoms with E-state index in [1.54, 1.807) is 12.1 Å². The second-order valence-corrected chi connectivity index (χ2v) is 8.80. The largest absolute Gasteiger partial charge is 0.371 e. The molecule has 2 aromatic carbocycles. The molecule has 0 N–H and O–H groups in total. The van der Waals surface area contributed by atoms with E-state index in [4.69, 9.17) is 0 Å². The number of nitrogens with zero attached hydrogens (tertiary/aromatic N) is 3. The lowest BCUT2D eigenvalue weighted by Crippen LogP contribution is -2.43. The lowest BCUT2D eigenvalue weighted by molar-refractivity contribution is -0.387. The molecule has 8 heteroatoms. The highest BCUT2D eigenvalue weighted by Gasteiger charge is 2.31. The summed E-state index contributed by atoms with van der Waals surface area (Å²) in [6.45, 7) is 1.27. The first kappa shape index (κ1) is 19.2. The SMILES string of the molecule is CN(c1ccccc1)C1CCN(c2cccc(S(C)(=O)=O)c2[N+](=O)[O-])CC1. The average molecular weight is 389 g/mol. The monoisotopic (exact) mass is 389 g/mol. The Bertz CT molecular complexity index is 923. The minimum atomic E-state index is -3.68. The molecule has 0 atom stereocenters. The Kier molecular flexibility index (Phi) is 5.36. The molecule has 0 unspecified atom stereocenters. The summed E-state index contributed by atoms with van der Waals surface area (Å²) in [5.74, 6) is 0. The standard InChI is InChI=1S/C19H23N3O4S/c1-20(15-7-4-3-5-8-15)16-11-13-21(14-12-16)17-9-6-10-18(27(2,25)26)19(17)22(23)24/h3-10,16H,11-14H2,1-2H3. The highest BCUT2D eigenvalue weighted by Crippen LogP contribution is 2.36. The van der Waals surface area contributed by atoms with E-state index in [9.17, 15) is 18.5 Å². The van der Waals surface area contributed by atoms with Crippen LogP contribution in [0.15, 0.2) is 53.4 Å². The van der Waals surface area contributed by atoms with Crippen LogP contribution in [0.3, 0.4) is 0 Å². The van der Waals surface area contributed by atoms with E-state index < -0.39 is 14.8 Å². The van der Waals surface area contributed by atoms with Gasteiger partial charge in [0.2, 0.25) is 0 Å². The number of sulfone groups is 1. The molecule has 1 aliphatic heterocycles. The van der Waals surface area contributed by atoms with Crippen molar-refractivity contribution in [1.82, 2.24) is 0 Å².